The third kappa shape index (κ3) is 6.49. The Kier molecular flexibility index (Phi) is 8.52. The Morgan fingerprint density at radius 2 is 1.92 bits per heavy atom. The first-order valence-corrected chi connectivity index (χ1v) is 9.49. The molecule has 0 N–H and O–H groups in total. The molecule has 2 rings (SSSR count). The molecule has 0 aromatic carbocycles. The van der Waals surface area contributed by atoms with Crippen LogP contribution in [0.1, 0.15) is 55.6 Å². The quantitative estimate of drug-likeness (QED) is 0.480. The Bertz CT molecular complexity index is 508. The van der Waals surface area contributed by atoms with Gasteiger partial charge in [-0.15, -0.1) is 0 Å². The standard InChI is InChI=1S/C20H32N2O3/c1-4-24-13-14-25-12-11-22-9-7-17(8-10-22)18-5-6-19(21-15-18)20(23)16(2)3/h5-6,15-17H,4,7-14H2,1-3H3. The van der Waals surface area contributed by atoms with Gasteiger partial charge >= 0.3 is 0 Å². The van der Waals surface area contributed by atoms with Crippen molar-refractivity contribution in [2.45, 2.75) is 39.5 Å². The molecule has 0 aliphatic carbocycles. The Labute approximate surface area is 151 Å². The van der Waals surface area contributed by atoms with Crippen molar-refractivity contribution in [1.82, 2.24) is 9.88 Å². The fourth-order valence-electron chi connectivity index (χ4n) is 3.14. The van der Waals surface area contributed by atoms with Crippen LogP contribution in [0.3, 0.4) is 0 Å². The van der Waals surface area contributed by atoms with Crippen LogP contribution in [0.4, 0.5) is 0 Å². The summed E-state index contributed by atoms with van der Waals surface area (Å²) in [5.74, 6) is 0.661. The number of ether oxygens (including phenoxy) is 2. The number of likely N-dealkylation sites (tertiary alicyclic amines) is 1. The van der Waals surface area contributed by atoms with E-state index in [1.807, 2.05) is 33.0 Å². The summed E-state index contributed by atoms with van der Waals surface area (Å²) in [4.78, 5) is 18.8. The molecule has 1 fully saturated rings. The van der Waals surface area contributed by atoms with Gasteiger partial charge in [-0.2, -0.15) is 0 Å². The molecule has 1 aliphatic rings. The van der Waals surface area contributed by atoms with Crippen molar-refractivity contribution >= 4 is 5.78 Å². The van der Waals surface area contributed by atoms with Crippen molar-refractivity contribution in [2.24, 2.45) is 5.92 Å². The van der Waals surface area contributed by atoms with Crippen LogP contribution in [0.2, 0.25) is 0 Å². The Balaban J connectivity index is 1.70. The topological polar surface area (TPSA) is 51.7 Å². The summed E-state index contributed by atoms with van der Waals surface area (Å²) in [6.45, 7) is 11.9. The second-order valence-electron chi connectivity index (χ2n) is 6.92. The maximum atomic E-state index is 12.0. The third-order valence-corrected chi connectivity index (χ3v) is 4.75. The first kappa shape index (κ1) is 20.0. The van der Waals surface area contributed by atoms with E-state index in [1.165, 1.54) is 5.56 Å². The average Bonchev–Trinajstić information content (AvgIpc) is 2.64. The highest BCUT2D eigenvalue weighted by Gasteiger charge is 2.21. The predicted octanol–water partition coefficient (Wildman–Crippen LogP) is 3.15. The summed E-state index contributed by atoms with van der Waals surface area (Å²) >= 11 is 0. The molecule has 0 saturated carbocycles. The van der Waals surface area contributed by atoms with Crippen molar-refractivity contribution in [3.8, 4) is 0 Å². The van der Waals surface area contributed by atoms with Crippen molar-refractivity contribution in [2.75, 3.05) is 46.1 Å². The highest BCUT2D eigenvalue weighted by Crippen LogP contribution is 2.27. The number of piperidine rings is 1. The van der Waals surface area contributed by atoms with Gasteiger partial charge in [-0.1, -0.05) is 19.9 Å². The second-order valence-corrected chi connectivity index (χ2v) is 6.92. The van der Waals surface area contributed by atoms with Gasteiger partial charge in [-0.25, -0.2) is 0 Å². The zero-order valence-corrected chi connectivity index (χ0v) is 15.9. The van der Waals surface area contributed by atoms with E-state index in [-0.39, 0.29) is 11.7 Å². The average molecular weight is 348 g/mol. The van der Waals surface area contributed by atoms with Gasteiger partial charge in [0.1, 0.15) is 5.69 Å². The molecule has 5 nitrogen and oxygen atoms in total. The van der Waals surface area contributed by atoms with Gasteiger partial charge in [0, 0.05) is 25.3 Å². The van der Waals surface area contributed by atoms with Gasteiger partial charge in [0.05, 0.1) is 19.8 Å². The monoisotopic (exact) mass is 348 g/mol. The molecule has 0 unspecified atom stereocenters. The molecular formula is C20H32N2O3. The van der Waals surface area contributed by atoms with E-state index in [9.17, 15) is 4.79 Å². The van der Waals surface area contributed by atoms with Crippen molar-refractivity contribution < 1.29 is 14.3 Å². The first-order chi connectivity index (χ1) is 12.1. The smallest absolute Gasteiger partial charge is 0.183 e. The lowest BCUT2D eigenvalue weighted by molar-refractivity contribution is 0.0399. The maximum absolute atomic E-state index is 12.0. The lowest BCUT2D eigenvalue weighted by atomic mass is 9.90. The first-order valence-electron chi connectivity index (χ1n) is 9.49. The zero-order valence-electron chi connectivity index (χ0n) is 15.9. The minimum atomic E-state index is -0.00246. The van der Waals surface area contributed by atoms with E-state index in [1.54, 1.807) is 0 Å². The molecule has 0 spiro atoms. The summed E-state index contributed by atoms with van der Waals surface area (Å²) in [7, 11) is 0. The Morgan fingerprint density at radius 1 is 1.20 bits per heavy atom. The molecule has 1 saturated heterocycles. The van der Waals surface area contributed by atoms with Crippen LogP contribution >= 0.6 is 0 Å². The number of carbonyl (C=O) groups excluding carboxylic acids is 1. The number of carbonyl (C=O) groups is 1. The summed E-state index contributed by atoms with van der Waals surface area (Å²) in [6, 6.07) is 3.97. The Hall–Kier alpha value is -1.30. The predicted molar refractivity (Wildman–Crippen MR) is 99.1 cm³/mol. The minimum Gasteiger partial charge on any atom is -0.379 e. The van der Waals surface area contributed by atoms with Crippen LogP contribution in [0.15, 0.2) is 18.3 Å². The van der Waals surface area contributed by atoms with Crippen LogP contribution < -0.4 is 0 Å². The second kappa shape index (κ2) is 10.6. The zero-order chi connectivity index (χ0) is 18.1. The molecule has 1 aromatic rings. The van der Waals surface area contributed by atoms with Crippen molar-refractivity contribution in [3.05, 3.63) is 29.6 Å². The third-order valence-electron chi connectivity index (χ3n) is 4.75. The molecule has 0 bridgehead atoms. The number of ketones is 1. The summed E-state index contributed by atoms with van der Waals surface area (Å²) in [5.41, 5.74) is 1.84. The van der Waals surface area contributed by atoms with Crippen molar-refractivity contribution in [1.29, 1.82) is 0 Å². The summed E-state index contributed by atoms with van der Waals surface area (Å²) < 4.78 is 10.9. The number of hydrogen-bond donors (Lipinski definition) is 0. The lowest BCUT2D eigenvalue weighted by Crippen LogP contribution is -2.35. The van der Waals surface area contributed by atoms with E-state index in [0.29, 0.717) is 24.8 Å². The molecule has 140 valence electrons. The van der Waals surface area contributed by atoms with Gasteiger partial charge in [0.25, 0.3) is 0 Å². The Morgan fingerprint density at radius 3 is 2.52 bits per heavy atom. The van der Waals surface area contributed by atoms with Gasteiger partial charge in [0.2, 0.25) is 0 Å². The van der Waals surface area contributed by atoms with E-state index >= 15 is 0 Å². The van der Waals surface area contributed by atoms with Crippen LogP contribution in [-0.4, -0.2) is 61.7 Å². The molecule has 5 heteroatoms. The molecule has 0 amide bonds. The van der Waals surface area contributed by atoms with E-state index < -0.39 is 0 Å². The normalized spacial score (nSPS) is 16.5. The minimum absolute atomic E-state index is 0.00246. The van der Waals surface area contributed by atoms with E-state index in [2.05, 4.69) is 16.0 Å². The number of rotatable bonds is 10. The lowest BCUT2D eigenvalue weighted by Gasteiger charge is -2.32. The number of Topliss-reactive ketones (excluding diaryl/α,β-unsaturated/α-hetero) is 1. The molecule has 0 radical (unpaired) electrons. The van der Waals surface area contributed by atoms with Gasteiger partial charge in [-0.3, -0.25) is 9.78 Å². The van der Waals surface area contributed by atoms with E-state index in [4.69, 9.17) is 9.47 Å². The largest absolute Gasteiger partial charge is 0.379 e. The van der Waals surface area contributed by atoms with Crippen molar-refractivity contribution in [3.63, 3.8) is 0 Å². The van der Waals surface area contributed by atoms with Crippen LogP contribution in [0.5, 0.6) is 0 Å². The summed E-state index contributed by atoms with van der Waals surface area (Å²) in [6.07, 6.45) is 4.17. The van der Waals surface area contributed by atoms with Gasteiger partial charge in [0.15, 0.2) is 5.78 Å². The molecule has 25 heavy (non-hydrogen) atoms. The highest BCUT2D eigenvalue weighted by molar-refractivity contribution is 5.95. The number of hydrogen-bond acceptors (Lipinski definition) is 5. The fourth-order valence-corrected chi connectivity index (χ4v) is 3.14. The highest BCUT2D eigenvalue weighted by atomic mass is 16.5. The molecule has 1 aliphatic heterocycles. The maximum Gasteiger partial charge on any atom is 0.183 e. The summed E-state index contributed by atoms with van der Waals surface area (Å²) in [5, 5.41) is 0. The van der Waals surface area contributed by atoms with Crippen LogP contribution in [0.25, 0.3) is 0 Å². The molecule has 0 atom stereocenters. The number of aromatic nitrogens is 1. The number of pyridine rings is 1. The molecule has 2 heterocycles. The molecule has 1 aromatic heterocycles. The molecular weight excluding hydrogens is 316 g/mol. The number of nitrogens with zero attached hydrogens (tertiary/aromatic N) is 2. The van der Waals surface area contributed by atoms with Gasteiger partial charge in [-0.05, 0) is 50.4 Å². The van der Waals surface area contributed by atoms with Gasteiger partial charge < -0.3 is 14.4 Å². The SMILES string of the molecule is CCOCCOCCN1CCC(c2ccc(C(=O)C(C)C)nc2)CC1. The van der Waals surface area contributed by atoms with Crippen LogP contribution in [-0.2, 0) is 9.47 Å². The van der Waals surface area contributed by atoms with Crippen LogP contribution in [0, 0.1) is 5.92 Å². The van der Waals surface area contributed by atoms with E-state index in [0.717, 1.165) is 45.7 Å². The fraction of sp³-hybridized carbons (Fsp3) is 0.700.